The Balaban J connectivity index is 2.26. The highest BCUT2D eigenvalue weighted by Crippen LogP contribution is 2.34. The molecular formula is C22H25F3N4O. The van der Waals surface area contributed by atoms with Gasteiger partial charge in [0.2, 0.25) is 5.91 Å². The van der Waals surface area contributed by atoms with Crippen LogP contribution in [-0.2, 0) is 4.79 Å². The lowest BCUT2D eigenvalue weighted by molar-refractivity contribution is -0.164. The number of alkyl halides is 3. The molecule has 0 unspecified atom stereocenters. The number of hydrogen-bond acceptors (Lipinski definition) is 4. The van der Waals surface area contributed by atoms with Crippen LogP contribution in [0.2, 0.25) is 0 Å². The zero-order chi connectivity index (χ0) is 22.3. The standard InChI is InChI=1S/C22H25F3N4O/c1-14(2)12-19(28-11-9-26)21(30)29-20(22(23,24)25)17-6-4-16(5-7-17)18-13-27-10-8-15(18)3/h4-8,10,13-14,19-20,28H,11-12H2,1-3H3,(H,29,30)/t19-,20-/m0/s1. The summed E-state index contributed by atoms with van der Waals surface area (Å²) in [5.41, 5.74) is 2.46. The number of carbonyl (C=O) groups is 1. The third kappa shape index (κ3) is 6.29. The number of halogens is 3. The lowest BCUT2D eigenvalue weighted by Gasteiger charge is -2.26. The van der Waals surface area contributed by atoms with Crippen LogP contribution < -0.4 is 10.6 Å². The minimum Gasteiger partial charge on any atom is -0.339 e. The topological polar surface area (TPSA) is 77.8 Å². The van der Waals surface area contributed by atoms with Crippen LogP contribution in [0.3, 0.4) is 0 Å². The Hall–Kier alpha value is -2.92. The molecule has 2 N–H and O–H groups in total. The molecule has 1 aromatic carbocycles. The Kier molecular flexibility index (Phi) is 7.95. The molecule has 8 heteroatoms. The highest BCUT2D eigenvalue weighted by atomic mass is 19.4. The number of nitrogens with one attached hydrogen (secondary N) is 2. The van der Waals surface area contributed by atoms with Gasteiger partial charge in [0.25, 0.3) is 0 Å². The van der Waals surface area contributed by atoms with Crippen molar-refractivity contribution in [2.75, 3.05) is 6.54 Å². The molecule has 5 nitrogen and oxygen atoms in total. The summed E-state index contributed by atoms with van der Waals surface area (Å²) in [6.45, 7) is 5.48. The molecule has 0 aliphatic rings. The van der Waals surface area contributed by atoms with Gasteiger partial charge in [-0.3, -0.25) is 15.1 Å². The predicted molar refractivity (Wildman–Crippen MR) is 108 cm³/mol. The van der Waals surface area contributed by atoms with E-state index < -0.39 is 24.2 Å². The van der Waals surface area contributed by atoms with Crippen LogP contribution in [0, 0.1) is 24.2 Å². The van der Waals surface area contributed by atoms with Crippen molar-refractivity contribution in [1.82, 2.24) is 15.6 Å². The normalized spacial score (nSPS) is 13.5. The fraction of sp³-hybridized carbons (Fsp3) is 0.409. The van der Waals surface area contributed by atoms with Gasteiger partial charge in [0.05, 0.1) is 18.7 Å². The van der Waals surface area contributed by atoms with Crippen LogP contribution in [0.4, 0.5) is 13.2 Å². The molecule has 1 aromatic heterocycles. The van der Waals surface area contributed by atoms with E-state index in [1.807, 2.05) is 32.9 Å². The first kappa shape index (κ1) is 23.4. The summed E-state index contributed by atoms with van der Waals surface area (Å²) in [5.74, 6) is -0.716. The van der Waals surface area contributed by atoms with Gasteiger partial charge in [-0.15, -0.1) is 0 Å². The van der Waals surface area contributed by atoms with Gasteiger partial charge in [0, 0.05) is 18.0 Å². The summed E-state index contributed by atoms with van der Waals surface area (Å²) in [6.07, 6.45) is -1.04. The van der Waals surface area contributed by atoms with Crippen molar-refractivity contribution in [3.05, 3.63) is 53.9 Å². The van der Waals surface area contributed by atoms with Crippen LogP contribution in [0.15, 0.2) is 42.7 Å². The van der Waals surface area contributed by atoms with Crippen molar-refractivity contribution in [2.45, 2.75) is 45.5 Å². The molecule has 1 amide bonds. The fourth-order valence-corrected chi connectivity index (χ4v) is 3.14. The van der Waals surface area contributed by atoms with Crippen molar-refractivity contribution >= 4 is 5.91 Å². The SMILES string of the molecule is Cc1ccncc1-c1ccc([C@H](NC(=O)[C@H](CC(C)C)NCC#N)C(F)(F)F)cc1. The molecule has 2 aromatic rings. The molecular weight excluding hydrogens is 393 g/mol. The van der Waals surface area contributed by atoms with Crippen molar-refractivity contribution in [1.29, 1.82) is 5.26 Å². The maximum atomic E-state index is 13.7. The van der Waals surface area contributed by atoms with Crippen molar-refractivity contribution in [2.24, 2.45) is 5.92 Å². The zero-order valence-electron chi connectivity index (χ0n) is 17.1. The first-order chi connectivity index (χ1) is 14.1. The Morgan fingerprint density at radius 2 is 1.87 bits per heavy atom. The van der Waals surface area contributed by atoms with Crippen LogP contribution in [-0.4, -0.2) is 29.7 Å². The highest BCUT2D eigenvalue weighted by molar-refractivity contribution is 5.82. The molecule has 30 heavy (non-hydrogen) atoms. The Morgan fingerprint density at radius 1 is 1.20 bits per heavy atom. The summed E-state index contributed by atoms with van der Waals surface area (Å²) in [7, 11) is 0. The monoisotopic (exact) mass is 418 g/mol. The van der Waals surface area contributed by atoms with E-state index in [4.69, 9.17) is 5.26 Å². The molecule has 0 aliphatic carbocycles. The maximum Gasteiger partial charge on any atom is 0.412 e. The van der Waals surface area contributed by atoms with Crippen LogP contribution >= 0.6 is 0 Å². The van der Waals surface area contributed by atoms with E-state index >= 15 is 0 Å². The van der Waals surface area contributed by atoms with Crippen LogP contribution in [0.25, 0.3) is 11.1 Å². The largest absolute Gasteiger partial charge is 0.412 e. The molecule has 2 rings (SSSR count). The predicted octanol–water partition coefficient (Wildman–Crippen LogP) is 4.30. The van der Waals surface area contributed by atoms with E-state index in [-0.39, 0.29) is 18.0 Å². The summed E-state index contributed by atoms with van der Waals surface area (Å²) >= 11 is 0. The minimum absolute atomic E-state index is 0.0651. The molecule has 0 radical (unpaired) electrons. The maximum absolute atomic E-state index is 13.7. The number of pyridine rings is 1. The number of aromatic nitrogens is 1. The van der Waals surface area contributed by atoms with Gasteiger partial charge in [-0.25, -0.2) is 0 Å². The first-order valence-electron chi connectivity index (χ1n) is 9.61. The summed E-state index contributed by atoms with van der Waals surface area (Å²) < 4.78 is 41.2. The lowest BCUT2D eigenvalue weighted by Crippen LogP contribution is -2.49. The smallest absolute Gasteiger partial charge is 0.339 e. The number of benzene rings is 1. The van der Waals surface area contributed by atoms with Crippen molar-refractivity contribution in [3.8, 4) is 17.2 Å². The van der Waals surface area contributed by atoms with E-state index in [9.17, 15) is 18.0 Å². The van der Waals surface area contributed by atoms with E-state index in [2.05, 4.69) is 15.6 Å². The van der Waals surface area contributed by atoms with Gasteiger partial charge in [-0.05, 0) is 42.0 Å². The van der Waals surface area contributed by atoms with Gasteiger partial charge in [0.1, 0.15) is 0 Å². The second-order valence-electron chi connectivity index (χ2n) is 7.52. The van der Waals surface area contributed by atoms with Gasteiger partial charge < -0.3 is 5.32 Å². The summed E-state index contributed by atoms with van der Waals surface area (Å²) in [4.78, 5) is 16.6. The Bertz CT molecular complexity index is 888. The first-order valence-corrected chi connectivity index (χ1v) is 9.61. The molecule has 0 saturated carbocycles. The number of amides is 1. The second kappa shape index (κ2) is 10.2. The Morgan fingerprint density at radius 3 is 2.40 bits per heavy atom. The highest BCUT2D eigenvalue weighted by Gasteiger charge is 2.42. The molecule has 160 valence electrons. The summed E-state index contributed by atoms with van der Waals surface area (Å²) in [5, 5.41) is 13.5. The number of nitrogens with zero attached hydrogens (tertiary/aromatic N) is 2. The fourth-order valence-electron chi connectivity index (χ4n) is 3.14. The van der Waals surface area contributed by atoms with E-state index in [0.29, 0.717) is 6.42 Å². The zero-order valence-corrected chi connectivity index (χ0v) is 17.1. The van der Waals surface area contributed by atoms with E-state index in [1.54, 1.807) is 24.5 Å². The van der Waals surface area contributed by atoms with Crippen LogP contribution in [0.1, 0.15) is 37.4 Å². The number of hydrogen-bond donors (Lipinski definition) is 2. The van der Waals surface area contributed by atoms with Gasteiger partial charge in [-0.1, -0.05) is 38.1 Å². The molecule has 0 saturated heterocycles. The molecule has 1 heterocycles. The van der Waals surface area contributed by atoms with Crippen molar-refractivity contribution in [3.63, 3.8) is 0 Å². The minimum atomic E-state index is -4.67. The number of nitriles is 1. The number of rotatable bonds is 8. The molecule has 0 bridgehead atoms. The number of carbonyl (C=O) groups excluding carboxylic acids is 1. The molecule has 0 aliphatic heterocycles. The average molecular weight is 418 g/mol. The molecule has 2 atom stereocenters. The Labute approximate surface area is 174 Å². The van der Waals surface area contributed by atoms with Gasteiger partial charge >= 0.3 is 6.18 Å². The van der Waals surface area contributed by atoms with E-state index in [1.165, 1.54) is 12.1 Å². The van der Waals surface area contributed by atoms with E-state index in [0.717, 1.165) is 16.7 Å². The lowest BCUT2D eigenvalue weighted by atomic mass is 9.98. The van der Waals surface area contributed by atoms with Crippen LogP contribution in [0.5, 0.6) is 0 Å². The third-order valence-electron chi connectivity index (χ3n) is 4.66. The van der Waals surface area contributed by atoms with Crippen molar-refractivity contribution < 1.29 is 18.0 Å². The quantitative estimate of drug-likeness (QED) is 0.627. The average Bonchev–Trinajstić information content (AvgIpc) is 2.68. The number of aryl methyl sites for hydroxylation is 1. The third-order valence-corrected chi connectivity index (χ3v) is 4.66. The molecule has 0 fully saturated rings. The second-order valence-corrected chi connectivity index (χ2v) is 7.52. The van der Waals surface area contributed by atoms with Gasteiger partial charge in [0.15, 0.2) is 6.04 Å². The van der Waals surface area contributed by atoms with Gasteiger partial charge in [-0.2, -0.15) is 18.4 Å². The summed E-state index contributed by atoms with van der Waals surface area (Å²) in [6, 6.07) is 6.54. The molecule has 0 spiro atoms.